The molecule has 0 aliphatic heterocycles. The van der Waals surface area contributed by atoms with Crippen molar-refractivity contribution in [3.8, 4) is 23.8 Å². The molecule has 0 aliphatic rings. The number of nitrogens with one attached hydrogen (secondary N) is 1. The Morgan fingerprint density at radius 2 is 2.17 bits per heavy atom. The van der Waals surface area contributed by atoms with Gasteiger partial charge < -0.3 is 14.2 Å². The highest BCUT2D eigenvalue weighted by Gasteiger charge is 2.12. The number of terminal acetylenes is 1. The summed E-state index contributed by atoms with van der Waals surface area (Å²) >= 11 is 0. The molecule has 0 aliphatic carbocycles. The molecule has 94 valence electrons. The fourth-order valence-corrected chi connectivity index (χ4v) is 1.11. The quantitative estimate of drug-likeness (QED) is 0.637. The standard InChI is InChI=1S/C13H13NO4/c1-4-12(16-3)17-10-8-6-7-9-11(10)18-13(15)14-5-2/h1,5-9,12H,2H2,3H3,(H,14,15). The largest absolute Gasteiger partial charge is 0.450 e. The normalized spacial score (nSPS) is 10.9. The van der Waals surface area contributed by atoms with Gasteiger partial charge in [0.05, 0.1) is 0 Å². The van der Waals surface area contributed by atoms with Crippen LogP contribution in [0.5, 0.6) is 11.5 Å². The number of benzene rings is 1. The molecule has 0 spiro atoms. The fourth-order valence-electron chi connectivity index (χ4n) is 1.11. The zero-order valence-corrected chi connectivity index (χ0v) is 9.88. The lowest BCUT2D eigenvalue weighted by atomic mass is 10.3. The van der Waals surface area contributed by atoms with Crippen LogP contribution in [0.3, 0.4) is 0 Å². The molecule has 0 saturated heterocycles. The smallest absolute Gasteiger partial charge is 0.416 e. The second-order valence-electron chi connectivity index (χ2n) is 3.04. The highest BCUT2D eigenvalue weighted by molar-refractivity contribution is 5.72. The number of carbonyl (C=O) groups is 1. The first-order valence-electron chi connectivity index (χ1n) is 5.05. The van der Waals surface area contributed by atoms with Gasteiger partial charge in [-0.15, -0.1) is 6.42 Å². The Hall–Kier alpha value is -2.45. The van der Waals surface area contributed by atoms with E-state index >= 15 is 0 Å². The number of rotatable bonds is 5. The van der Waals surface area contributed by atoms with Gasteiger partial charge in [-0.3, -0.25) is 5.32 Å². The summed E-state index contributed by atoms with van der Waals surface area (Å²) in [4.78, 5) is 11.3. The highest BCUT2D eigenvalue weighted by atomic mass is 16.7. The Morgan fingerprint density at radius 1 is 1.50 bits per heavy atom. The van der Waals surface area contributed by atoms with Gasteiger partial charge in [0.2, 0.25) is 0 Å². The number of hydrogen-bond donors (Lipinski definition) is 1. The predicted molar refractivity (Wildman–Crippen MR) is 66.1 cm³/mol. The van der Waals surface area contributed by atoms with E-state index in [1.807, 2.05) is 0 Å². The molecule has 5 heteroatoms. The highest BCUT2D eigenvalue weighted by Crippen LogP contribution is 2.27. The Bertz CT molecular complexity index is 464. The summed E-state index contributed by atoms with van der Waals surface area (Å²) in [7, 11) is 1.42. The molecule has 0 heterocycles. The molecule has 1 N–H and O–H groups in total. The average molecular weight is 247 g/mol. The van der Waals surface area contributed by atoms with Crippen LogP contribution in [0.1, 0.15) is 0 Å². The van der Waals surface area contributed by atoms with Gasteiger partial charge in [-0.05, 0) is 24.3 Å². The number of ether oxygens (including phenoxy) is 3. The minimum Gasteiger partial charge on any atom is -0.450 e. The van der Waals surface area contributed by atoms with Crippen molar-refractivity contribution in [2.75, 3.05) is 7.11 Å². The van der Waals surface area contributed by atoms with Crippen LogP contribution in [0.4, 0.5) is 4.79 Å². The molecule has 1 atom stereocenters. The third kappa shape index (κ3) is 3.85. The van der Waals surface area contributed by atoms with Gasteiger partial charge in [0.15, 0.2) is 11.5 Å². The third-order valence-corrected chi connectivity index (χ3v) is 1.86. The number of amides is 1. The molecule has 5 nitrogen and oxygen atoms in total. The first kappa shape index (κ1) is 13.6. The maximum atomic E-state index is 11.3. The minimum atomic E-state index is -0.850. The zero-order chi connectivity index (χ0) is 13.4. The Morgan fingerprint density at radius 3 is 2.72 bits per heavy atom. The van der Waals surface area contributed by atoms with Gasteiger partial charge >= 0.3 is 6.09 Å². The second kappa shape index (κ2) is 6.99. The zero-order valence-electron chi connectivity index (χ0n) is 9.88. The molecular formula is C13H13NO4. The third-order valence-electron chi connectivity index (χ3n) is 1.86. The van der Waals surface area contributed by atoms with Gasteiger partial charge in [0.1, 0.15) is 0 Å². The molecule has 0 saturated carbocycles. The number of hydrogen-bond acceptors (Lipinski definition) is 4. The molecule has 1 rings (SSSR count). The Balaban J connectivity index is 2.82. The predicted octanol–water partition coefficient (Wildman–Crippen LogP) is 1.90. The lowest BCUT2D eigenvalue weighted by Crippen LogP contribution is -2.22. The lowest BCUT2D eigenvalue weighted by Gasteiger charge is -2.14. The van der Waals surface area contributed by atoms with Crippen LogP contribution < -0.4 is 14.8 Å². The van der Waals surface area contributed by atoms with E-state index in [2.05, 4.69) is 17.8 Å². The van der Waals surface area contributed by atoms with Crippen LogP contribution in [0.2, 0.25) is 0 Å². The van der Waals surface area contributed by atoms with E-state index in [-0.39, 0.29) is 5.75 Å². The van der Waals surface area contributed by atoms with Crippen LogP contribution in [0, 0.1) is 12.3 Å². The van der Waals surface area contributed by atoms with E-state index in [4.69, 9.17) is 20.6 Å². The molecule has 1 aromatic carbocycles. The molecule has 0 bridgehead atoms. The maximum absolute atomic E-state index is 11.3. The van der Waals surface area contributed by atoms with E-state index in [0.29, 0.717) is 5.75 Å². The van der Waals surface area contributed by atoms with E-state index in [0.717, 1.165) is 0 Å². The van der Waals surface area contributed by atoms with E-state index in [1.54, 1.807) is 24.3 Å². The van der Waals surface area contributed by atoms with Gasteiger partial charge in [-0.2, -0.15) is 0 Å². The number of methoxy groups -OCH3 is 1. The van der Waals surface area contributed by atoms with Crippen molar-refractivity contribution in [3.63, 3.8) is 0 Å². The van der Waals surface area contributed by atoms with Gasteiger partial charge in [-0.25, -0.2) is 4.79 Å². The minimum absolute atomic E-state index is 0.231. The first-order valence-corrected chi connectivity index (χ1v) is 5.05. The number of para-hydroxylation sites is 2. The van der Waals surface area contributed by atoms with Crippen molar-refractivity contribution < 1.29 is 19.0 Å². The van der Waals surface area contributed by atoms with Crippen LogP contribution >= 0.6 is 0 Å². The summed E-state index contributed by atoms with van der Waals surface area (Å²) in [5.74, 6) is 2.83. The van der Waals surface area contributed by atoms with Gasteiger partial charge in [-0.1, -0.05) is 18.7 Å². The van der Waals surface area contributed by atoms with Crippen molar-refractivity contribution in [1.29, 1.82) is 0 Å². The van der Waals surface area contributed by atoms with Crippen molar-refractivity contribution in [2.24, 2.45) is 0 Å². The molecule has 1 amide bonds. The monoisotopic (exact) mass is 247 g/mol. The van der Waals surface area contributed by atoms with Crippen LogP contribution in [-0.2, 0) is 4.74 Å². The molecule has 0 radical (unpaired) electrons. The van der Waals surface area contributed by atoms with Gasteiger partial charge in [0.25, 0.3) is 6.29 Å². The molecule has 1 aromatic rings. The molecule has 0 aromatic heterocycles. The second-order valence-corrected chi connectivity index (χ2v) is 3.04. The van der Waals surface area contributed by atoms with Crippen molar-refractivity contribution >= 4 is 6.09 Å². The lowest BCUT2D eigenvalue weighted by molar-refractivity contribution is -0.00932. The van der Waals surface area contributed by atoms with Crippen molar-refractivity contribution in [3.05, 3.63) is 37.0 Å². The molecule has 18 heavy (non-hydrogen) atoms. The van der Waals surface area contributed by atoms with Crippen molar-refractivity contribution in [1.82, 2.24) is 5.32 Å². The first-order chi connectivity index (χ1) is 8.71. The summed E-state index contributed by atoms with van der Waals surface area (Å²) in [5, 5.41) is 2.28. The average Bonchev–Trinajstić information content (AvgIpc) is 2.38. The summed E-state index contributed by atoms with van der Waals surface area (Å²) in [6.45, 7) is 3.35. The Labute approximate surface area is 105 Å². The topological polar surface area (TPSA) is 56.8 Å². The maximum Gasteiger partial charge on any atom is 0.416 e. The van der Waals surface area contributed by atoms with Crippen molar-refractivity contribution in [2.45, 2.75) is 6.29 Å². The Kier molecular flexibility index (Phi) is 5.29. The fraction of sp³-hybridized carbons (Fsp3) is 0.154. The van der Waals surface area contributed by atoms with E-state index in [1.165, 1.54) is 13.3 Å². The SMILES string of the molecule is C#CC(OC)Oc1ccccc1OC(=O)NC=C. The van der Waals surface area contributed by atoms with E-state index < -0.39 is 12.4 Å². The summed E-state index contributed by atoms with van der Waals surface area (Å²) < 4.78 is 15.2. The summed E-state index contributed by atoms with van der Waals surface area (Å²) in [6.07, 6.45) is 4.89. The molecular weight excluding hydrogens is 234 g/mol. The van der Waals surface area contributed by atoms with E-state index in [9.17, 15) is 4.79 Å². The van der Waals surface area contributed by atoms with Crippen LogP contribution in [-0.4, -0.2) is 19.5 Å². The van der Waals surface area contributed by atoms with Crippen LogP contribution in [0.15, 0.2) is 37.0 Å². The summed E-state index contributed by atoms with van der Waals surface area (Å²) in [6, 6.07) is 6.60. The van der Waals surface area contributed by atoms with Gasteiger partial charge in [0, 0.05) is 7.11 Å². The molecule has 0 fully saturated rings. The number of carbonyl (C=O) groups excluding carboxylic acids is 1. The summed E-state index contributed by atoms with van der Waals surface area (Å²) in [5.41, 5.74) is 0. The molecule has 1 unspecified atom stereocenters. The van der Waals surface area contributed by atoms with Crippen LogP contribution in [0.25, 0.3) is 0 Å².